The normalized spacial score (nSPS) is 12.9. The Balaban J connectivity index is 3.35. The molecule has 0 rings (SSSR count). The Bertz CT molecular complexity index is 1340. The number of carbonyl (C=O) groups excluding carboxylic acids is 2. The third-order valence-corrected chi connectivity index (χ3v) is 15.5. The molecule has 2 unspecified atom stereocenters. The number of allylic oxidation sites excluding steroid dienone is 9. The zero-order valence-corrected chi connectivity index (χ0v) is 51.4. The quantitative estimate of drug-likeness (QED) is 0.0320. The van der Waals surface area contributed by atoms with Crippen LogP contribution < -0.4 is 5.32 Å². The fourth-order valence-electron chi connectivity index (χ4n) is 10.3. The molecule has 6 nitrogen and oxygen atoms in total. The van der Waals surface area contributed by atoms with Crippen molar-refractivity contribution in [2.45, 2.75) is 366 Å². The van der Waals surface area contributed by atoms with Crippen molar-refractivity contribution >= 4 is 11.9 Å². The van der Waals surface area contributed by atoms with Crippen LogP contribution in [0.25, 0.3) is 0 Å². The lowest BCUT2D eigenvalue weighted by molar-refractivity contribution is -0.143. The van der Waals surface area contributed by atoms with Crippen molar-refractivity contribution in [2.75, 3.05) is 13.2 Å². The van der Waals surface area contributed by atoms with Crippen LogP contribution in [0.15, 0.2) is 60.8 Å². The Hall–Kier alpha value is -2.44. The summed E-state index contributed by atoms with van der Waals surface area (Å²) in [5.41, 5.74) is 0. The smallest absolute Gasteiger partial charge is 0.305 e. The minimum Gasteiger partial charge on any atom is -0.466 e. The first kappa shape index (κ1) is 74.6. The molecular formula is C71H131NO5. The van der Waals surface area contributed by atoms with Crippen molar-refractivity contribution in [2.24, 2.45) is 0 Å². The first-order valence-corrected chi connectivity index (χ1v) is 34.1. The van der Waals surface area contributed by atoms with Crippen LogP contribution in [0.2, 0.25) is 0 Å². The molecule has 0 heterocycles. The van der Waals surface area contributed by atoms with Crippen molar-refractivity contribution in [3.63, 3.8) is 0 Å². The van der Waals surface area contributed by atoms with Gasteiger partial charge in [-0.2, -0.15) is 0 Å². The van der Waals surface area contributed by atoms with Crippen LogP contribution in [0, 0.1) is 0 Å². The molecule has 0 saturated heterocycles. The zero-order chi connectivity index (χ0) is 55.7. The third-order valence-electron chi connectivity index (χ3n) is 15.5. The minimum atomic E-state index is -0.841. The number of amides is 1. The van der Waals surface area contributed by atoms with Crippen molar-refractivity contribution in [3.8, 4) is 0 Å². The first-order chi connectivity index (χ1) is 38.0. The number of hydrogen-bond acceptors (Lipinski definition) is 5. The van der Waals surface area contributed by atoms with Gasteiger partial charge in [0.2, 0.25) is 5.91 Å². The van der Waals surface area contributed by atoms with Gasteiger partial charge in [0.25, 0.3) is 0 Å². The maximum atomic E-state index is 12.4. The van der Waals surface area contributed by atoms with E-state index in [9.17, 15) is 19.8 Å². The molecule has 0 aromatic heterocycles. The second-order valence-corrected chi connectivity index (χ2v) is 23.1. The van der Waals surface area contributed by atoms with E-state index in [0.29, 0.717) is 19.4 Å². The number of esters is 1. The molecule has 0 aliphatic heterocycles. The van der Waals surface area contributed by atoms with E-state index in [4.69, 9.17) is 4.74 Å². The Labute approximate surface area is 479 Å². The SMILES string of the molecule is CCCC/C=C\C/C=C\CCCCCCCC(=O)OCCCCCCCCCCCCCCC/C=C\C/C=C\CCCCCCCCCCCCCCCCCCCC(=O)NC(CO)C(O)/C=C/CCCCCCCCC. The molecule has 0 aliphatic carbocycles. The summed E-state index contributed by atoms with van der Waals surface area (Å²) >= 11 is 0. The third kappa shape index (κ3) is 62.6. The number of unbranched alkanes of at least 4 members (excludes halogenated alkanes) is 44. The van der Waals surface area contributed by atoms with Gasteiger partial charge in [0.15, 0.2) is 0 Å². The van der Waals surface area contributed by atoms with Crippen LogP contribution in [0.5, 0.6) is 0 Å². The molecule has 3 N–H and O–H groups in total. The van der Waals surface area contributed by atoms with Crippen molar-refractivity contribution in [3.05, 3.63) is 60.8 Å². The lowest BCUT2D eigenvalue weighted by Crippen LogP contribution is -2.45. The fraction of sp³-hybridized carbons (Fsp3) is 0.831. The van der Waals surface area contributed by atoms with Gasteiger partial charge in [0.1, 0.15) is 0 Å². The maximum Gasteiger partial charge on any atom is 0.305 e. The van der Waals surface area contributed by atoms with E-state index in [-0.39, 0.29) is 18.5 Å². The Kier molecular flexibility index (Phi) is 64.0. The summed E-state index contributed by atoms with van der Waals surface area (Å²) in [7, 11) is 0. The molecule has 0 radical (unpaired) electrons. The van der Waals surface area contributed by atoms with Crippen LogP contribution in [-0.2, 0) is 14.3 Å². The van der Waals surface area contributed by atoms with E-state index >= 15 is 0 Å². The highest BCUT2D eigenvalue weighted by Crippen LogP contribution is 2.17. The predicted molar refractivity (Wildman–Crippen MR) is 338 cm³/mol. The molecule has 0 spiro atoms. The van der Waals surface area contributed by atoms with E-state index in [2.05, 4.69) is 67.8 Å². The van der Waals surface area contributed by atoms with E-state index in [1.165, 1.54) is 270 Å². The molecule has 0 aliphatic rings. The van der Waals surface area contributed by atoms with Gasteiger partial charge in [-0.1, -0.05) is 312 Å². The van der Waals surface area contributed by atoms with Crippen molar-refractivity contribution in [1.29, 1.82) is 0 Å². The highest BCUT2D eigenvalue weighted by Gasteiger charge is 2.18. The summed E-state index contributed by atoms with van der Waals surface area (Å²) in [6.45, 7) is 4.84. The van der Waals surface area contributed by atoms with Gasteiger partial charge in [-0.3, -0.25) is 9.59 Å². The van der Waals surface area contributed by atoms with Crippen LogP contribution in [0.3, 0.4) is 0 Å². The number of aliphatic hydroxyl groups is 2. The van der Waals surface area contributed by atoms with Gasteiger partial charge in [-0.15, -0.1) is 0 Å². The Morgan fingerprint density at radius 1 is 0.364 bits per heavy atom. The number of carbonyl (C=O) groups is 2. The van der Waals surface area contributed by atoms with E-state index in [1.54, 1.807) is 6.08 Å². The lowest BCUT2D eigenvalue weighted by Gasteiger charge is -2.20. The fourth-order valence-corrected chi connectivity index (χ4v) is 10.3. The highest BCUT2D eigenvalue weighted by molar-refractivity contribution is 5.76. The molecule has 0 saturated carbocycles. The van der Waals surface area contributed by atoms with Gasteiger partial charge in [-0.25, -0.2) is 0 Å². The average Bonchev–Trinajstić information content (AvgIpc) is 3.43. The number of nitrogens with one attached hydrogen (secondary N) is 1. The second-order valence-electron chi connectivity index (χ2n) is 23.1. The predicted octanol–water partition coefficient (Wildman–Crippen LogP) is 21.9. The Morgan fingerprint density at radius 2 is 0.662 bits per heavy atom. The lowest BCUT2D eigenvalue weighted by atomic mass is 10.0. The summed E-state index contributed by atoms with van der Waals surface area (Å²) in [4.78, 5) is 24.4. The summed E-state index contributed by atoms with van der Waals surface area (Å²) in [5.74, 6) is -0.0642. The van der Waals surface area contributed by atoms with Gasteiger partial charge in [0.05, 0.1) is 25.4 Å². The molecule has 0 aromatic rings. The van der Waals surface area contributed by atoms with Gasteiger partial charge >= 0.3 is 5.97 Å². The summed E-state index contributed by atoms with van der Waals surface area (Å²) < 4.78 is 5.48. The standard InChI is InChI=1S/C71H131NO5/c1-3-5-7-9-11-13-14-15-42-45-49-53-57-61-65-71(76)77-66-62-58-54-50-46-43-40-38-36-34-32-30-28-26-24-22-20-18-16-17-19-21-23-25-27-29-31-33-35-37-39-41-44-48-52-56-60-64-70(75)72-68(67-73)69(74)63-59-55-51-47-12-10-8-6-4-2/h9,11,14-16,18,22,24,59,63,68-69,73-74H,3-8,10,12-13,17,19-21,23,25-58,60-62,64-67H2,1-2H3,(H,72,75)/b11-9-,15-14-,18-16-,24-22-,63-59+. The van der Waals surface area contributed by atoms with Gasteiger partial charge < -0.3 is 20.3 Å². The summed E-state index contributed by atoms with van der Waals surface area (Å²) in [6, 6.07) is -0.624. The number of ether oxygens (including phenoxy) is 1. The van der Waals surface area contributed by atoms with Crippen LogP contribution in [0.1, 0.15) is 354 Å². The topological polar surface area (TPSA) is 95.9 Å². The van der Waals surface area contributed by atoms with Crippen LogP contribution in [0.4, 0.5) is 0 Å². The van der Waals surface area contributed by atoms with E-state index in [1.807, 2.05) is 6.08 Å². The molecule has 0 aromatic carbocycles. The van der Waals surface area contributed by atoms with Crippen molar-refractivity contribution < 1.29 is 24.5 Å². The van der Waals surface area contributed by atoms with E-state index in [0.717, 1.165) is 57.8 Å². The molecule has 1 amide bonds. The molecule has 2 atom stereocenters. The van der Waals surface area contributed by atoms with Crippen molar-refractivity contribution in [1.82, 2.24) is 5.32 Å². The molecule has 77 heavy (non-hydrogen) atoms. The highest BCUT2D eigenvalue weighted by atomic mass is 16.5. The maximum absolute atomic E-state index is 12.4. The number of hydrogen-bond donors (Lipinski definition) is 3. The Morgan fingerprint density at radius 3 is 1.03 bits per heavy atom. The zero-order valence-electron chi connectivity index (χ0n) is 51.4. The monoisotopic (exact) mass is 1080 g/mol. The molecule has 0 fully saturated rings. The average molecular weight is 1080 g/mol. The first-order valence-electron chi connectivity index (χ1n) is 34.1. The molecule has 0 bridgehead atoms. The second kappa shape index (κ2) is 66.1. The summed E-state index contributed by atoms with van der Waals surface area (Å²) in [6.07, 6.45) is 87.5. The number of aliphatic hydroxyl groups excluding tert-OH is 2. The van der Waals surface area contributed by atoms with Gasteiger partial charge in [-0.05, 0) is 89.9 Å². The molecule has 6 heteroatoms. The van der Waals surface area contributed by atoms with Crippen LogP contribution in [-0.4, -0.2) is 47.4 Å². The van der Waals surface area contributed by atoms with Crippen LogP contribution >= 0.6 is 0 Å². The largest absolute Gasteiger partial charge is 0.466 e. The van der Waals surface area contributed by atoms with E-state index < -0.39 is 12.1 Å². The number of rotatable bonds is 63. The summed E-state index contributed by atoms with van der Waals surface area (Å²) in [5, 5.41) is 23.0. The minimum absolute atomic E-state index is 0.00342. The molecular weight excluding hydrogens is 947 g/mol. The molecule has 450 valence electrons. The van der Waals surface area contributed by atoms with Gasteiger partial charge in [0, 0.05) is 12.8 Å².